The Hall–Kier alpha value is -1.26. The van der Waals surface area contributed by atoms with Gasteiger partial charge in [-0.05, 0) is 27.2 Å². The van der Waals surface area contributed by atoms with E-state index < -0.39 is 17.7 Å². The summed E-state index contributed by atoms with van der Waals surface area (Å²) < 4.78 is 9.83. The Morgan fingerprint density at radius 2 is 1.88 bits per heavy atom. The molecule has 0 aliphatic carbocycles. The number of carbonyl (C=O) groups is 2. The standard InChI is InChI=1S/C11H19NO4/c1-6-7-8(9(13)15-5)12(7)10(14)16-11(2,3)4/h7-8H,6H2,1-5H3/t7-,8+,12?/m1/s1. The Labute approximate surface area is 95.7 Å². The van der Waals surface area contributed by atoms with E-state index in [2.05, 4.69) is 4.74 Å². The lowest BCUT2D eigenvalue weighted by Crippen LogP contribution is -2.29. The average Bonchev–Trinajstić information content (AvgIpc) is 2.87. The fourth-order valence-corrected chi connectivity index (χ4v) is 1.65. The quantitative estimate of drug-likeness (QED) is 0.532. The van der Waals surface area contributed by atoms with E-state index in [-0.39, 0.29) is 12.0 Å². The Morgan fingerprint density at radius 1 is 1.31 bits per heavy atom. The molecule has 16 heavy (non-hydrogen) atoms. The van der Waals surface area contributed by atoms with Gasteiger partial charge in [0.05, 0.1) is 13.2 Å². The van der Waals surface area contributed by atoms with Crippen LogP contribution in [-0.4, -0.2) is 41.8 Å². The van der Waals surface area contributed by atoms with Crippen LogP contribution in [0.3, 0.4) is 0 Å². The summed E-state index contributed by atoms with van der Waals surface area (Å²) in [6.07, 6.45) is 0.272. The second-order valence-corrected chi connectivity index (χ2v) is 4.83. The van der Waals surface area contributed by atoms with Crippen molar-refractivity contribution in [2.24, 2.45) is 0 Å². The smallest absolute Gasteiger partial charge is 0.411 e. The molecule has 1 fully saturated rings. The van der Waals surface area contributed by atoms with Crippen LogP contribution in [0.4, 0.5) is 4.79 Å². The predicted octanol–water partition coefficient (Wildman–Crippen LogP) is 1.56. The zero-order chi connectivity index (χ0) is 12.5. The van der Waals surface area contributed by atoms with Crippen molar-refractivity contribution in [3.05, 3.63) is 0 Å². The van der Waals surface area contributed by atoms with Gasteiger partial charge < -0.3 is 9.47 Å². The van der Waals surface area contributed by atoms with Gasteiger partial charge in [0.1, 0.15) is 5.60 Å². The second-order valence-electron chi connectivity index (χ2n) is 4.83. The number of methoxy groups -OCH3 is 1. The van der Waals surface area contributed by atoms with E-state index in [9.17, 15) is 9.59 Å². The maximum Gasteiger partial charge on any atom is 0.411 e. The summed E-state index contributed by atoms with van der Waals surface area (Å²) >= 11 is 0. The lowest BCUT2D eigenvalue weighted by molar-refractivity contribution is -0.140. The maximum atomic E-state index is 11.7. The molecule has 0 aromatic carbocycles. The van der Waals surface area contributed by atoms with Crippen molar-refractivity contribution in [1.82, 2.24) is 4.90 Å². The van der Waals surface area contributed by atoms with Gasteiger partial charge in [-0.25, -0.2) is 9.59 Å². The molecule has 0 aromatic heterocycles. The first kappa shape index (κ1) is 12.8. The van der Waals surface area contributed by atoms with Crippen molar-refractivity contribution >= 4 is 12.1 Å². The van der Waals surface area contributed by atoms with E-state index in [0.717, 1.165) is 6.42 Å². The molecule has 1 saturated heterocycles. The predicted molar refractivity (Wildman–Crippen MR) is 58.0 cm³/mol. The van der Waals surface area contributed by atoms with Crippen LogP contribution in [0.25, 0.3) is 0 Å². The van der Waals surface area contributed by atoms with Gasteiger partial charge in [0.2, 0.25) is 0 Å². The van der Waals surface area contributed by atoms with Gasteiger partial charge in [0.25, 0.3) is 0 Å². The summed E-state index contributed by atoms with van der Waals surface area (Å²) in [7, 11) is 1.32. The Bertz CT molecular complexity index is 295. The zero-order valence-electron chi connectivity index (χ0n) is 10.4. The topological polar surface area (TPSA) is 55.6 Å². The summed E-state index contributed by atoms with van der Waals surface area (Å²) in [4.78, 5) is 24.5. The summed E-state index contributed by atoms with van der Waals surface area (Å²) in [5, 5.41) is 0. The molecule has 92 valence electrons. The van der Waals surface area contributed by atoms with Gasteiger partial charge in [-0.3, -0.25) is 4.90 Å². The van der Waals surface area contributed by atoms with Gasteiger partial charge in [0.15, 0.2) is 6.04 Å². The van der Waals surface area contributed by atoms with Crippen molar-refractivity contribution in [1.29, 1.82) is 0 Å². The molecule has 0 saturated carbocycles. The third kappa shape index (κ3) is 2.65. The molecule has 0 bridgehead atoms. The third-order valence-electron chi connectivity index (χ3n) is 2.40. The van der Waals surface area contributed by atoms with Crippen LogP contribution in [0, 0.1) is 0 Å². The highest BCUT2D eigenvalue weighted by Gasteiger charge is 2.56. The molecule has 5 heteroatoms. The van der Waals surface area contributed by atoms with Crippen LogP contribution in [0.1, 0.15) is 34.1 Å². The minimum atomic E-state index is -0.543. The highest BCUT2D eigenvalue weighted by Crippen LogP contribution is 2.33. The molecule has 1 amide bonds. The molecular formula is C11H19NO4. The molecule has 0 spiro atoms. The lowest BCUT2D eigenvalue weighted by atomic mass is 10.2. The molecule has 2 atom stereocenters. The number of ether oxygens (including phenoxy) is 2. The van der Waals surface area contributed by atoms with Crippen LogP contribution < -0.4 is 0 Å². The maximum absolute atomic E-state index is 11.7. The number of amides is 1. The molecule has 0 aromatic rings. The highest BCUT2D eigenvalue weighted by atomic mass is 16.6. The SMILES string of the molecule is CC[C@@H]1[C@@H](C(=O)OC)N1C(=O)OC(C)(C)C. The van der Waals surface area contributed by atoms with Crippen LogP contribution in [0.2, 0.25) is 0 Å². The molecule has 1 aliphatic rings. The first-order valence-corrected chi connectivity index (χ1v) is 5.41. The van der Waals surface area contributed by atoms with Crippen molar-refractivity contribution in [2.45, 2.75) is 51.8 Å². The van der Waals surface area contributed by atoms with Crippen molar-refractivity contribution in [3.63, 3.8) is 0 Å². The van der Waals surface area contributed by atoms with E-state index in [1.165, 1.54) is 12.0 Å². The molecular weight excluding hydrogens is 210 g/mol. The summed E-state index contributed by atoms with van der Waals surface area (Å²) in [6, 6.07) is -0.549. The minimum Gasteiger partial charge on any atom is -0.467 e. The highest BCUT2D eigenvalue weighted by molar-refractivity contribution is 5.88. The second kappa shape index (κ2) is 4.31. The molecule has 0 unspecified atom stereocenters. The van der Waals surface area contributed by atoms with Crippen LogP contribution in [0.15, 0.2) is 0 Å². The third-order valence-corrected chi connectivity index (χ3v) is 2.40. The molecule has 1 aliphatic heterocycles. The summed E-state index contributed by atoms with van der Waals surface area (Å²) in [5.74, 6) is -0.377. The lowest BCUT2D eigenvalue weighted by Gasteiger charge is -2.20. The minimum absolute atomic E-state index is 0.0812. The van der Waals surface area contributed by atoms with Gasteiger partial charge in [-0.1, -0.05) is 6.92 Å². The molecule has 0 N–H and O–H groups in total. The molecule has 5 nitrogen and oxygen atoms in total. The van der Waals surface area contributed by atoms with Crippen molar-refractivity contribution in [3.8, 4) is 0 Å². The Balaban J connectivity index is 2.61. The fraction of sp³-hybridized carbons (Fsp3) is 0.818. The first-order valence-electron chi connectivity index (χ1n) is 5.41. The average molecular weight is 229 g/mol. The van der Waals surface area contributed by atoms with Gasteiger partial charge >= 0.3 is 12.1 Å². The van der Waals surface area contributed by atoms with E-state index in [1.54, 1.807) is 20.8 Å². The first-order chi connectivity index (χ1) is 7.31. The van der Waals surface area contributed by atoms with E-state index in [1.807, 2.05) is 6.92 Å². The van der Waals surface area contributed by atoms with Crippen molar-refractivity contribution in [2.75, 3.05) is 7.11 Å². The monoisotopic (exact) mass is 229 g/mol. The van der Waals surface area contributed by atoms with Crippen LogP contribution >= 0.6 is 0 Å². The largest absolute Gasteiger partial charge is 0.467 e. The number of hydrogen-bond acceptors (Lipinski definition) is 4. The van der Waals surface area contributed by atoms with Crippen molar-refractivity contribution < 1.29 is 19.1 Å². The fourth-order valence-electron chi connectivity index (χ4n) is 1.65. The van der Waals surface area contributed by atoms with Crippen LogP contribution in [-0.2, 0) is 14.3 Å². The number of nitrogens with zero attached hydrogens (tertiary/aromatic N) is 1. The van der Waals surface area contributed by atoms with Gasteiger partial charge in [-0.15, -0.1) is 0 Å². The van der Waals surface area contributed by atoms with Gasteiger partial charge in [-0.2, -0.15) is 0 Å². The molecule has 1 heterocycles. The number of hydrogen-bond donors (Lipinski definition) is 0. The summed E-state index contributed by atoms with van der Waals surface area (Å²) in [6.45, 7) is 7.30. The number of esters is 1. The molecule has 1 rings (SSSR count). The number of carbonyl (C=O) groups excluding carboxylic acids is 2. The Morgan fingerprint density at radius 3 is 2.25 bits per heavy atom. The van der Waals surface area contributed by atoms with E-state index >= 15 is 0 Å². The Kier molecular flexibility index (Phi) is 3.45. The van der Waals surface area contributed by atoms with E-state index in [4.69, 9.17) is 4.74 Å². The van der Waals surface area contributed by atoms with Crippen LogP contribution in [0.5, 0.6) is 0 Å². The van der Waals surface area contributed by atoms with E-state index in [0.29, 0.717) is 0 Å². The normalized spacial score (nSPS) is 23.9. The molecule has 0 radical (unpaired) electrons. The number of rotatable bonds is 2. The van der Waals surface area contributed by atoms with Gasteiger partial charge in [0, 0.05) is 0 Å². The summed E-state index contributed by atoms with van der Waals surface area (Å²) in [5.41, 5.74) is -0.543. The zero-order valence-corrected chi connectivity index (χ0v) is 10.4.